The molecule has 1 atom stereocenters. The number of halogens is 3. The summed E-state index contributed by atoms with van der Waals surface area (Å²) in [5.74, 6) is -2.21. The van der Waals surface area contributed by atoms with Gasteiger partial charge in [-0.05, 0) is 34.7 Å². The summed E-state index contributed by atoms with van der Waals surface area (Å²) < 4.78 is 60.3. The van der Waals surface area contributed by atoms with Gasteiger partial charge in [0.2, 0.25) is 0 Å². The summed E-state index contributed by atoms with van der Waals surface area (Å²) in [6, 6.07) is 15.2. The molecule has 0 spiro atoms. The normalized spacial score (nSPS) is 22.4. The van der Waals surface area contributed by atoms with Crippen LogP contribution in [0.2, 0.25) is 0 Å². The minimum absolute atomic E-state index is 0.142. The summed E-state index contributed by atoms with van der Waals surface area (Å²) >= 11 is 0. The molecule has 33 heavy (non-hydrogen) atoms. The Morgan fingerprint density at radius 1 is 0.727 bits per heavy atom. The summed E-state index contributed by atoms with van der Waals surface area (Å²) in [4.78, 5) is 0. The van der Waals surface area contributed by atoms with E-state index in [0.29, 0.717) is 36.5 Å². The van der Waals surface area contributed by atoms with E-state index >= 15 is 0 Å². The van der Waals surface area contributed by atoms with Gasteiger partial charge >= 0.3 is 0 Å². The molecule has 3 aromatic carbocycles. The van der Waals surface area contributed by atoms with E-state index in [4.69, 9.17) is 14.2 Å². The lowest BCUT2D eigenvalue weighted by Gasteiger charge is -2.29. The highest BCUT2D eigenvalue weighted by Crippen LogP contribution is 2.36. The standard InChI is InChI=1S/C27H25F3O3/c1-2-3-25-32-13-19(14-33-25)20-9-8-18(12-23(20)28)16-4-6-17(7-5-16)21-10-11-22(24-15-31-24)27(30)26(21)29/h4-12,19,24-25H,2-3,13-15H2,1H3. The predicted octanol–water partition coefficient (Wildman–Crippen LogP) is 6.77. The van der Waals surface area contributed by atoms with Gasteiger partial charge < -0.3 is 14.2 Å². The molecule has 5 rings (SSSR count). The van der Waals surface area contributed by atoms with Crippen molar-refractivity contribution in [3.63, 3.8) is 0 Å². The van der Waals surface area contributed by atoms with Crippen molar-refractivity contribution in [3.8, 4) is 22.3 Å². The van der Waals surface area contributed by atoms with Crippen LogP contribution in [0.25, 0.3) is 22.3 Å². The molecule has 3 aromatic rings. The van der Waals surface area contributed by atoms with E-state index in [1.165, 1.54) is 6.07 Å². The fourth-order valence-electron chi connectivity index (χ4n) is 4.27. The van der Waals surface area contributed by atoms with Crippen LogP contribution in [0.5, 0.6) is 0 Å². The van der Waals surface area contributed by atoms with Crippen molar-refractivity contribution in [2.24, 2.45) is 0 Å². The summed E-state index contributed by atoms with van der Waals surface area (Å²) in [5, 5.41) is 0. The SMILES string of the molecule is CCCC1OCC(c2ccc(-c3ccc(-c4ccc(C5CO5)c(F)c4F)cc3)cc2F)CO1. The van der Waals surface area contributed by atoms with Gasteiger partial charge in [-0.3, -0.25) is 0 Å². The molecule has 2 fully saturated rings. The fourth-order valence-corrected chi connectivity index (χ4v) is 4.27. The van der Waals surface area contributed by atoms with Gasteiger partial charge in [-0.15, -0.1) is 0 Å². The summed E-state index contributed by atoms with van der Waals surface area (Å²) in [6.45, 7) is 3.35. The summed E-state index contributed by atoms with van der Waals surface area (Å²) in [7, 11) is 0. The second-order valence-corrected chi connectivity index (χ2v) is 8.55. The molecule has 2 aliphatic rings. The van der Waals surface area contributed by atoms with Gasteiger partial charge in [0, 0.05) is 17.0 Å². The topological polar surface area (TPSA) is 31.0 Å². The van der Waals surface area contributed by atoms with Crippen molar-refractivity contribution in [3.05, 3.63) is 83.2 Å². The first-order valence-electron chi connectivity index (χ1n) is 11.3. The maximum atomic E-state index is 14.9. The van der Waals surface area contributed by atoms with Crippen LogP contribution in [0.1, 0.15) is 42.9 Å². The van der Waals surface area contributed by atoms with E-state index in [9.17, 15) is 13.2 Å². The first-order valence-corrected chi connectivity index (χ1v) is 11.3. The summed E-state index contributed by atoms with van der Waals surface area (Å²) in [6.07, 6.45) is 1.25. The van der Waals surface area contributed by atoms with Crippen LogP contribution >= 0.6 is 0 Å². The van der Waals surface area contributed by atoms with E-state index in [-0.39, 0.29) is 35.3 Å². The lowest BCUT2D eigenvalue weighted by atomic mass is 9.94. The number of epoxide rings is 1. The third-order valence-corrected chi connectivity index (χ3v) is 6.25. The molecule has 0 radical (unpaired) electrons. The average Bonchev–Trinajstić information content (AvgIpc) is 3.67. The average molecular weight is 454 g/mol. The van der Waals surface area contributed by atoms with E-state index in [0.717, 1.165) is 18.4 Å². The number of hydrogen-bond acceptors (Lipinski definition) is 3. The molecule has 0 aliphatic carbocycles. The Kier molecular flexibility index (Phi) is 6.23. The molecule has 0 amide bonds. The number of rotatable bonds is 6. The maximum Gasteiger partial charge on any atom is 0.167 e. The minimum Gasteiger partial charge on any atom is -0.368 e. The number of ether oxygens (including phenoxy) is 3. The molecular weight excluding hydrogens is 429 g/mol. The Balaban J connectivity index is 1.33. The second kappa shape index (κ2) is 9.29. The molecule has 0 bridgehead atoms. The van der Waals surface area contributed by atoms with Gasteiger partial charge in [-0.2, -0.15) is 0 Å². The zero-order valence-electron chi connectivity index (χ0n) is 18.3. The van der Waals surface area contributed by atoms with Crippen molar-refractivity contribution in [1.82, 2.24) is 0 Å². The van der Waals surface area contributed by atoms with Gasteiger partial charge in [-0.25, -0.2) is 13.2 Å². The van der Waals surface area contributed by atoms with Gasteiger partial charge in [0.05, 0.1) is 19.8 Å². The van der Waals surface area contributed by atoms with Crippen molar-refractivity contribution >= 4 is 0 Å². The Hall–Kier alpha value is -2.67. The van der Waals surface area contributed by atoms with Gasteiger partial charge in [0.1, 0.15) is 11.9 Å². The van der Waals surface area contributed by atoms with Crippen LogP contribution in [-0.4, -0.2) is 26.1 Å². The predicted molar refractivity (Wildman–Crippen MR) is 119 cm³/mol. The lowest BCUT2D eigenvalue weighted by molar-refractivity contribution is -0.190. The van der Waals surface area contributed by atoms with Gasteiger partial charge in [-0.1, -0.05) is 61.9 Å². The molecule has 0 saturated carbocycles. The smallest absolute Gasteiger partial charge is 0.167 e. The van der Waals surface area contributed by atoms with Crippen molar-refractivity contribution in [1.29, 1.82) is 0 Å². The van der Waals surface area contributed by atoms with E-state index in [1.807, 2.05) is 6.07 Å². The molecular formula is C27H25F3O3. The first kappa shape index (κ1) is 22.1. The zero-order chi connectivity index (χ0) is 22.9. The van der Waals surface area contributed by atoms with Crippen LogP contribution in [-0.2, 0) is 14.2 Å². The monoisotopic (exact) mass is 454 g/mol. The highest BCUT2D eigenvalue weighted by atomic mass is 19.2. The van der Waals surface area contributed by atoms with Gasteiger partial charge in [0.15, 0.2) is 17.9 Å². The number of benzene rings is 3. The summed E-state index contributed by atoms with van der Waals surface area (Å²) in [5.41, 5.74) is 3.04. The largest absolute Gasteiger partial charge is 0.368 e. The van der Waals surface area contributed by atoms with Crippen LogP contribution in [0.15, 0.2) is 54.6 Å². The molecule has 2 heterocycles. The van der Waals surface area contributed by atoms with E-state index in [1.54, 1.807) is 42.5 Å². The maximum absolute atomic E-state index is 14.9. The highest BCUT2D eigenvalue weighted by Gasteiger charge is 2.30. The molecule has 2 saturated heterocycles. The Labute approximate surface area is 191 Å². The van der Waals surface area contributed by atoms with Gasteiger partial charge in [0.25, 0.3) is 0 Å². The van der Waals surface area contributed by atoms with E-state index in [2.05, 4.69) is 6.92 Å². The quantitative estimate of drug-likeness (QED) is 0.385. The molecule has 0 N–H and O–H groups in total. The lowest BCUT2D eigenvalue weighted by Crippen LogP contribution is -2.31. The van der Waals surface area contributed by atoms with Crippen molar-refractivity contribution in [2.45, 2.75) is 38.1 Å². The molecule has 3 nitrogen and oxygen atoms in total. The molecule has 172 valence electrons. The first-order chi connectivity index (χ1) is 16.0. The number of hydrogen-bond donors (Lipinski definition) is 0. The Morgan fingerprint density at radius 3 is 2.00 bits per heavy atom. The van der Waals surface area contributed by atoms with Crippen LogP contribution in [0.3, 0.4) is 0 Å². The van der Waals surface area contributed by atoms with Crippen molar-refractivity contribution < 1.29 is 27.4 Å². The van der Waals surface area contributed by atoms with Crippen molar-refractivity contribution in [2.75, 3.05) is 19.8 Å². The van der Waals surface area contributed by atoms with E-state index < -0.39 is 11.6 Å². The Morgan fingerprint density at radius 2 is 1.36 bits per heavy atom. The van der Waals surface area contributed by atoms with Crippen LogP contribution < -0.4 is 0 Å². The van der Waals surface area contributed by atoms with Crippen LogP contribution in [0.4, 0.5) is 13.2 Å². The zero-order valence-corrected chi connectivity index (χ0v) is 18.3. The highest BCUT2D eigenvalue weighted by molar-refractivity contribution is 5.71. The molecule has 0 aromatic heterocycles. The fraction of sp³-hybridized carbons (Fsp3) is 0.333. The minimum atomic E-state index is -0.885. The molecule has 1 unspecified atom stereocenters. The Bertz CT molecular complexity index is 1130. The second-order valence-electron chi connectivity index (χ2n) is 8.55. The third-order valence-electron chi connectivity index (χ3n) is 6.25. The third kappa shape index (κ3) is 4.56. The van der Waals surface area contributed by atoms with Crippen LogP contribution in [0, 0.1) is 17.5 Å². The molecule has 6 heteroatoms. The molecule has 2 aliphatic heterocycles.